The number of amides is 1. The van der Waals surface area contributed by atoms with Gasteiger partial charge in [-0.25, -0.2) is 0 Å². The highest BCUT2D eigenvalue weighted by atomic mass is 16.3. The Balaban J connectivity index is 2.21. The number of phenolic OH excluding ortho intramolecular Hbond substituents is 3. The molecule has 110 valence electrons. The standard InChI is InChI=1S/C16H12N2O4/c17-9-11(7-10-1-6-14(20)15(21)8-10)16(22)18-12-2-4-13(19)5-3-12/h1-8,19-21H,(H,18,22)/b11-7+. The van der Waals surface area contributed by atoms with Gasteiger partial charge in [0.25, 0.3) is 5.91 Å². The molecule has 2 rings (SSSR count). The molecule has 0 fully saturated rings. The van der Waals surface area contributed by atoms with Gasteiger partial charge < -0.3 is 20.6 Å². The first-order chi connectivity index (χ1) is 10.5. The van der Waals surface area contributed by atoms with Crippen LogP contribution in [0.1, 0.15) is 5.56 Å². The molecule has 0 saturated carbocycles. The molecule has 0 bridgehead atoms. The second-order valence-corrected chi connectivity index (χ2v) is 4.42. The van der Waals surface area contributed by atoms with Crippen LogP contribution < -0.4 is 5.32 Å². The van der Waals surface area contributed by atoms with Gasteiger partial charge >= 0.3 is 0 Å². The van der Waals surface area contributed by atoms with Gasteiger partial charge in [-0.15, -0.1) is 0 Å². The molecule has 6 heteroatoms. The fourth-order valence-corrected chi connectivity index (χ4v) is 1.69. The molecule has 0 radical (unpaired) electrons. The van der Waals surface area contributed by atoms with E-state index in [1.165, 1.54) is 48.5 Å². The predicted octanol–water partition coefficient (Wildman–Crippen LogP) is 2.35. The van der Waals surface area contributed by atoms with E-state index in [1.54, 1.807) is 6.07 Å². The molecule has 2 aromatic carbocycles. The Morgan fingerprint density at radius 1 is 1.05 bits per heavy atom. The lowest BCUT2D eigenvalue weighted by molar-refractivity contribution is -0.112. The molecule has 0 spiro atoms. The van der Waals surface area contributed by atoms with E-state index in [0.29, 0.717) is 11.3 Å². The van der Waals surface area contributed by atoms with Crippen LogP contribution in [-0.2, 0) is 4.79 Å². The Hall–Kier alpha value is -3.46. The number of hydrogen-bond acceptors (Lipinski definition) is 5. The van der Waals surface area contributed by atoms with E-state index in [4.69, 9.17) is 10.4 Å². The largest absolute Gasteiger partial charge is 0.508 e. The van der Waals surface area contributed by atoms with E-state index in [-0.39, 0.29) is 22.8 Å². The number of carbonyl (C=O) groups excluding carboxylic acids is 1. The maximum absolute atomic E-state index is 12.0. The Kier molecular flexibility index (Phi) is 4.30. The molecule has 2 aromatic rings. The molecule has 0 aliphatic heterocycles. The number of nitrogens with one attached hydrogen (secondary N) is 1. The number of hydrogen-bond donors (Lipinski definition) is 4. The molecular formula is C16H12N2O4. The van der Waals surface area contributed by atoms with E-state index in [9.17, 15) is 15.0 Å². The Bertz CT molecular complexity index is 774. The molecule has 6 nitrogen and oxygen atoms in total. The maximum Gasteiger partial charge on any atom is 0.266 e. The first-order valence-electron chi connectivity index (χ1n) is 6.24. The van der Waals surface area contributed by atoms with E-state index in [0.717, 1.165) is 0 Å². The monoisotopic (exact) mass is 296 g/mol. The van der Waals surface area contributed by atoms with Crippen LogP contribution in [0.2, 0.25) is 0 Å². The van der Waals surface area contributed by atoms with Crippen molar-refractivity contribution in [2.75, 3.05) is 5.32 Å². The predicted molar refractivity (Wildman–Crippen MR) is 80.1 cm³/mol. The van der Waals surface area contributed by atoms with Crippen molar-refractivity contribution in [3.63, 3.8) is 0 Å². The number of benzene rings is 2. The number of phenols is 3. The van der Waals surface area contributed by atoms with Crippen LogP contribution in [0.3, 0.4) is 0 Å². The summed E-state index contributed by atoms with van der Waals surface area (Å²) < 4.78 is 0. The van der Waals surface area contributed by atoms with Gasteiger partial charge in [0.05, 0.1) is 0 Å². The van der Waals surface area contributed by atoms with Crippen LogP contribution in [0.25, 0.3) is 6.08 Å². The maximum atomic E-state index is 12.0. The van der Waals surface area contributed by atoms with Crippen molar-refractivity contribution in [2.45, 2.75) is 0 Å². The van der Waals surface area contributed by atoms with Crippen LogP contribution in [0, 0.1) is 11.3 Å². The third-order valence-electron chi connectivity index (χ3n) is 2.80. The summed E-state index contributed by atoms with van der Waals surface area (Å²) in [6.07, 6.45) is 1.29. The highest BCUT2D eigenvalue weighted by Crippen LogP contribution is 2.26. The summed E-state index contributed by atoms with van der Waals surface area (Å²) in [6, 6.07) is 11.5. The Labute approximate surface area is 126 Å². The lowest BCUT2D eigenvalue weighted by Crippen LogP contribution is -2.13. The van der Waals surface area contributed by atoms with Gasteiger partial charge in [0.15, 0.2) is 11.5 Å². The lowest BCUT2D eigenvalue weighted by atomic mass is 10.1. The number of rotatable bonds is 3. The normalized spacial score (nSPS) is 10.8. The van der Waals surface area contributed by atoms with Crippen LogP contribution in [0.5, 0.6) is 17.2 Å². The van der Waals surface area contributed by atoms with Gasteiger partial charge in [0.1, 0.15) is 17.4 Å². The second kappa shape index (κ2) is 6.33. The van der Waals surface area contributed by atoms with Crippen molar-refractivity contribution in [3.8, 4) is 23.3 Å². The van der Waals surface area contributed by atoms with Crippen molar-refractivity contribution >= 4 is 17.7 Å². The molecule has 0 aliphatic carbocycles. The molecule has 0 aromatic heterocycles. The Morgan fingerprint density at radius 2 is 1.73 bits per heavy atom. The summed E-state index contributed by atoms with van der Waals surface area (Å²) in [5.74, 6) is -1.19. The second-order valence-electron chi connectivity index (χ2n) is 4.42. The van der Waals surface area contributed by atoms with Crippen molar-refractivity contribution in [1.29, 1.82) is 5.26 Å². The van der Waals surface area contributed by atoms with Crippen molar-refractivity contribution < 1.29 is 20.1 Å². The highest BCUT2D eigenvalue weighted by Gasteiger charge is 2.10. The van der Waals surface area contributed by atoms with Crippen LogP contribution in [-0.4, -0.2) is 21.2 Å². The number of nitrogens with zero attached hydrogens (tertiary/aromatic N) is 1. The molecule has 0 aliphatic rings. The average molecular weight is 296 g/mol. The lowest BCUT2D eigenvalue weighted by Gasteiger charge is -2.04. The molecule has 4 N–H and O–H groups in total. The minimum Gasteiger partial charge on any atom is -0.508 e. The smallest absolute Gasteiger partial charge is 0.266 e. The zero-order chi connectivity index (χ0) is 16.1. The molecule has 0 atom stereocenters. The zero-order valence-electron chi connectivity index (χ0n) is 11.3. The summed E-state index contributed by atoms with van der Waals surface area (Å²) in [4.78, 5) is 12.0. The van der Waals surface area contributed by atoms with Gasteiger partial charge in [-0.1, -0.05) is 6.07 Å². The average Bonchev–Trinajstić information content (AvgIpc) is 2.50. The highest BCUT2D eigenvalue weighted by molar-refractivity contribution is 6.09. The van der Waals surface area contributed by atoms with Gasteiger partial charge in [-0.3, -0.25) is 4.79 Å². The minimum absolute atomic E-state index is 0.0635. The number of nitriles is 1. The van der Waals surface area contributed by atoms with E-state index in [1.807, 2.05) is 0 Å². The first-order valence-corrected chi connectivity index (χ1v) is 6.24. The van der Waals surface area contributed by atoms with E-state index < -0.39 is 5.91 Å². The Morgan fingerprint density at radius 3 is 2.32 bits per heavy atom. The third kappa shape index (κ3) is 3.55. The molecule has 0 heterocycles. The van der Waals surface area contributed by atoms with Gasteiger partial charge in [-0.2, -0.15) is 5.26 Å². The van der Waals surface area contributed by atoms with Gasteiger partial charge in [-0.05, 0) is 48.0 Å². The number of carbonyl (C=O) groups is 1. The molecule has 22 heavy (non-hydrogen) atoms. The van der Waals surface area contributed by atoms with Crippen LogP contribution in [0.4, 0.5) is 5.69 Å². The molecule has 1 amide bonds. The minimum atomic E-state index is -0.624. The zero-order valence-corrected chi connectivity index (χ0v) is 11.3. The quantitative estimate of drug-likeness (QED) is 0.300. The summed E-state index contributed by atoms with van der Waals surface area (Å²) in [5, 5.41) is 39.4. The molecular weight excluding hydrogens is 284 g/mol. The fourth-order valence-electron chi connectivity index (χ4n) is 1.69. The SMILES string of the molecule is N#C/C(=C\c1ccc(O)c(O)c1)C(=O)Nc1ccc(O)cc1. The third-order valence-corrected chi connectivity index (χ3v) is 2.80. The van der Waals surface area contributed by atoms with Crippen molar-refractivity contribution in [1.82, 2.24) is 0 Å². The molecule has 0 saturated heterocycles. The summed E-state index contributed by atoms with van der Waals surface area (Å²) in [7, 11) is 0. The van der Waals surface area contributed by atoms with Crippen LogP contribution in [0.15, 0.2) is 48.0 Å². The fraction of sp³-hybridized carbons (Fsp3) is 0. The van der Waals surface area contributed by atoms with Crippen molar-refractivity contribution in [2.24, 2.45) is 0 Å². The summed E-state index contributed by atoms with van der Waals surface area (Å²) in [5.41, 5.74) is 0.656. The topological polar surface area (TPSA) is 114 Å². The van der Waals surface area contributed by atoms with Gasteiger partial charge in [0.2, 0.25) is 0 Å². The summed E-state index contributed by atoms with van der Waals surface area (Å²) >= 11 is 0. The number of anilines is 1. The van der Waals surface area contributed by atoms with Gasteiger partial charge in [0, 0.05) is 5.69 Å². The van der Waals surface area contributed by atoms with Crippen LogP contribution >= 0.6 is 0 Å². The first kappa shape index (κ1) is 14.9. The van der Waals surface area contributed by atoms with Crippen molar-refractivity contribution in [3.05, 3.63) is 53.6 Å². The molecule has 0 unspecified atom stereocenters. The summed E-state index contributed by atoms with van der Waals surface area (Å²) in [6.45, 7) is 0. The van der Waals surface area contributed by atoms with E-state index in [2.05, 4.69) is 5.32 Å². The number of aromatic hydroxyl groups is 3. The van der Waals surface area contributed by atoms with E-state index >= 15 is 0 Å².